The number of hydrogen-bond donors (Lipinski definition) is 2. The van der Waals surface area contributed by atoms with Crippen molar-refractivity contribution in [2.45, 2.75) is 4.90 Å². The zero-order valence-corrected chi connectivity index (χ0v) is 12.9. The molecule has 0 saturated carbocycles. The van der Waals surface area contributed by atoms with E-state index in [2.05, 4.69) is 15.4 Å². The molecule has 0 unspecified atom stereocenters. The van der Waals surface area contributed by atoms with Gasteiger partial charge in [-0.25, -0.2) is 4.79 Å². The first-order valence-corrected chi connectivity index (χ1v) is 6.93. The number of amides is 1. The highest BCUT2D eigenvalue weighted by atomic mass is 32.2. The molecule has 0 spiro atoms. The minimum Gasteiger partial charge on any atom is -0.453 e. The molecule has 0 aliphatic carbocycles. The Kier molecular flexibility index (Phi) is 6.85. The van der Waals surface area contributed by atoms with Crippen LogP contribution in [0.25, 0.3) is 0 Å². The molecular weight excluding hydrogens is 318 g/mol. The van der Waals surface area contributed by atoms with Gasteiger partial charge < -0.3 is 14.8 Å². The molecule has 1 aromatic carbocycles. The molecule has 1 amide bonds. The van der Waals surface area contributed by atoms with Crippen molar-refractivity contribution in [3.63, 3.8) is 0 Å². The van der Waals surface area contributed by atoms with Crippen LogP contribution in [0.1, 0.15) is 0 Å². The third kappa shape index (κ3) is 5.53. The van der Waals surface area contributed by atoms with Gasteiger partial charge in [-0.05, 0) is 24.4 Å². The number of ether oxygens (including phenoxy) is 2. The normalized spacial score (nSPS) is 9.81. The Morgan fingerprint density at radius 1 is 1.48 bits per heavy atom. The molecule has 0 heterocycles. The van der Waals surface area contributed by atoms with E-state index in [1.807, 2.05) is 0 Å². The maximum Gasteiger partial charge on any atom is 0.413 e. The van der Waals surface area contributed by atoms with Gasteiger partial charge in [0.15, 0.2) is 5.11 Å². The largest absolute Gasteiger partial charge is 0.453 e. The molecule has 0 saturated heterocycles. The summed E-state index contributed by atoms with van der Waals surface area (Å²) in [7, 11) is 2.72. The fourth-order valence-corrected chi connectivity index (χ4v) is 2.09. The smallest absolute Gasteiger partial charge is 0.413 e. The fraction of sp³-hybridized carbons (Fsp3) is 0.273. The van der Waals surface area contributed by atoms with Crippen molar-refractivity contribution >= 4 is 46.6 Å². The number of benzene rings is 1. The maximum atomic E-state index is 11.1. The summed E-state index contributed by atoms with van der Waals surface area (Å²) >= 11 is 6.17. The predicted molar refractivity (Wildman–Crippen MR) is 82.6 cm³/mol. The summed E-state index contributed by atoms with van der Waals surface area (Å²) in [5, 5.41) is 15.8. The molecular formula is C11H13N3O5S2. The second-order valence-corrected chi connectivity index (χ2v) is 4.96. The van der Waals surface area contributed by atoms with Crippen LogP contribution in [-0.2, 0) is 9.47 Å². The average molecular weight is 331 g/mol. The third-order valence-electron chi connectivity index (χ3n) is 2.16. The maximum absolute atomic E-state index is 11.1. The van der Waals surface area contributed by atoms with Crippen molar-refractivity contribution in [1.82, 2.24) is 5.32 Å². The van der Waals surface area contributed by atoms with Gasteiger partial charge in [0.2, 0.25) is 0 Å². The van der Waals surface area contributed by atoms with Crippen LogP contribution in [-0.4, -0.2) is 36.3 Å². The van der Waals surface area contributed by atoms with Gasteiger partial charge in [-0.2, -0.15) is 0 Å². The number of carbonyl (C=O) groups is 1. The topological polar surface area (TPSA) is 103 Å². The summed E-state index contributed by atoms with van der Waals surface area (Å²) < 4.78 is 9.26. The number of thiocarbonyl (C=S) groups is 1. The quantitative estimate of drug-likeness (QED) is 0.279. The van der Waals surface area contributed by atoms with Crippen LogP contribution in [0.4, 0.5) is 16.2 Å². The standard InChI is InChI=1S/C11H13N3O5S2/c1-18-6-21-7-3-4-8(9(5-7)14(16)17)12-10(20)13-11(15)19-2/h3-5H,6H2,1-2H3,(H2,12,13,15,20). The Balaban J connectivity index is 2.88. The summed E-state index contributed by atoms with van der Waals surface area (Å²) in [5.41, 5.74) is 0.00767. The van der Waals surface area contributed by atoms with Crippen LogP contribution in [0, 0.1) is 10.1 Å². The molecule has 0 aliphatic heterocycles. The highest BCUT2D eigenvalue weighted by Crippen LogP contribution is 2.30. The number of anilines is 1. The number of methoxy groups -OCH3 is 2. The number of thioether (sulfide) groups is 1. The molecule has 0 aromatic heterocycles. The Hall–Kier alpha value is -1.91. The Morgan fingerprint density at radius 2 is 2.19 bits per heavy atom. The van der Waals surface area contributed by atoms with Crippen molar-refractivity contribution in [2.24, 2.45) is 0 Å². The third-order valence-corrected chi connectivity index (χ3v) is 3.30. The van der Waals surface area contributed by atoms with Gasteiger partial charge in [0.25, 0.3) is 5.69 Å². The SMILES string of the molecule is COCSc1ccc(NC(=S)NC(=O)OC)c([N+](=O)[O-])c1. The number of hydrogen-bond acceptors (Lipinski definition) is 7. The molecule has 10 heteroatoms. The minimum atomic E-state index is -0.762. The van der Waals surface area contributed by atoms with E-state index < -0.39 is 11.0 Å². The van der Waals surface area contributed by atoms with E-state index in [1.54, 1.807) is 6.07 Å². The first-order chi connectivity index (χ1) is 9.97. The lowest BCUT2D eigenvalue weighted by Crippen LogP contribution is -2.34. The first kappa shape index (κ1) is 17.1. The number of nitrogens with one attached hydrogen (secondary N) is 2. The van der Waals surface area contributed by atoms with E-state index in [4.69, 9.17) is 17.0 Å². The summed E-state index contributed by atoms with van der Waals surface area (Å²) in [6.45, 7) is 0. The van der Waals surface area contributed by atoms with Gasteiger partial charge in [-0.1, -0.05) is 11.8 Å². The van der Waals surface area contributed by atoms with Gasteiger partial charge in [0, 0.05) is 18.1 Å². The number of alkyl carbamates (subject to hydrolysis) is 1. The van der Waals surface area contributed by atoms with E-state index >= 15 is 0 Å². The van der Waals surface area contributed by atoms with E-state index in [1.165, 1.54) is 38.1 Å². The molecule has 8 nitrogen and oxygen atoms in total. The summed E-state index contributed by atoms with van der Waals surface area (Å²) in [6, 6.07) is 4.58. The van der Waals surface area contributed by atoms with E-state index in [0.29, 0.717) is 10.8 Å². The Labute approximate surface area is 130 Å². The van der Waals surface area contributed by atoms with Crippen molar-refractivity contribution in [1.29, 1.82) is 0 Å². The molecule has 0 fully saturated rings. The molecule has 0 radical (unpaired) electrons. The van der Waals surface area contributed by atoms with Gasteiger partial charge in [0.1, 0.15) is 5.69 Å². The molecule has 1 aromatic rings. The highest BCUT2D eigenvalue weighted by molar-refractivity contribution is 7.99. The van der Waals surface area contributed by atoms with E-state index in [0.717, 1.165) is 0 Å². The summed E-state index contributed by atoms with van der Waals surface area (Å²) in [6.07, 6.45) is -0.762. The number of nitro benzene ring substituents is 1. The minimum absolute atomic E-state index is 0.0951. The van der Waals surface area contributed by atoms with Crippen molar-refractivity contribution in [2.75, 3.05) is 25.5 Å². The zero-order chi connectivity index (χ0) is 15.8. The van der Waals surface area contributed by atoms with Crippen LogP contribution < -0.4 is 10.6 Å². The number of rotatable bonds is 5. The van der Waals surface area contributed by atoms with Crippen LogP contribution in [0.2, 0.25) is 0 Å². The molecule has 0 bridgehead atoms. The Morgan fingerprint density at radius 3 is 2.76 bits per heavy atom. The average Bonchev–Trinajstić information content (AvgIpc) is 2.45. The number of carbonyl (C=O) groups excluding carboxylic acids is 1. The fourth-order valence-electron chi connectivity index (χ4n) is 1.28. The lowest BCUT2D eigenvalue weighted by molar-refractivity contribution is -0.384. The van der Waals surface area contributed by atoms with E-state index in [9.17, 15) is 14.9 Å². The van der Waals surface area contributed by atoms with Crippen molar-refractivity contribution in [3.05, 3.63) is 28.3 Å². The second kappa shape index (κ2) is 8.39. The van der Waals surface area contributed by atoms with Gasteiger partial charge in [0.05, 0.1) is 18.0 Å². The first-order valence-electron chi connectivity index (χ1n) is 5.54. The number of nitro groups is 1. The molecule has 114 valence electrons. The second-order valence-electron chi connectivity index (χ2n) is 3.56. The molecule has 2 N–H and O–H groups in total. The Bertz CT molecular complexity index is 553. The predicted octanol–water partition coefficient (Wildman–Crippen LogP) is 2.34. The summed E-state index contributed by atoms with van der Waals surface area (Å²) in [4.78, 5) is 22.2. The van der Waals surface area contributed by atoms with Gasteiger partial charge in [-0.3, -0.25) is 15.4 Å². The molecule has 0 aliphatic rings. The molecule has 21 heavy (non-hydrogen) atoms. The van der Waals surface area contributed by atoms with Crippen LogP contribution >= 0.6 is 24.0 Å². The summed E-state index contributed by atoms with van der Waals surface area (Å²) in [5.74, 6) is 0.381. The lowest BCUT2D eigenvalue weighted by atomic mass is 10.2. The highest BCUT2D eigenvalue weighted by Gasteiger charge is 2.16. The monoisotopic (exact) mass is 331 g/mol. The van der Waals surface area contributed by atoms with Crippen molar-refractivity contribution < 1.29 is 19.2 Å². The molecule has 1 rings (SSSR count). The van der Waals surface area contributed by atoms with Crippen LogP contribution in [0.3, 0.4) is 0 Å². The molecule has 0 atom stereocenters. The van der Waals surface area contributed by atoms with Gasteiger partial charge >= 0.3 is 6.09 Å². The van der Waals surface area contributed by atoms with Crippen LogP contribution in [0.5, 0.6) is 0 Å². The lowest BCUT2D eigenvalue weighted by Gasteiger charge is -2.10. The van der Waals surface area contributed by atoms with Crippen LogP contribution in [0.15, 0.2) is 23.1 Å². The zero-order valence-electron chi connectivity index (χ0n) is 11.2. The van der Waals surface area contributed by atoms with Gasteiger partial charge in [-0.15, -0.1) is 0 Å². The van der Waals surface area contributed by atoms with Crippen molar-refractivity contribution in [3.8, 4) is 0 Å². The number of nitrogens with zero attached hydrogens (tertiary/aromatic N) is 1. The van der Waals surface area contributed by atoms with E-state index in [-0.39, 0.29) is 16.5 Å².